The zero-order valence-corrected chi connectivity index (χ0v) is 14.8. The molecule has 128 valence electrons. The van der Waals surface area contributed by atoms with Crippen molar-refractivity contribution in [1.82, 2.24) is 4.90 Å². The topological polar surface area (TPSA) is 38.8 Å². The Morgan fingerprint density at radius 2 is 1.79 bits per heavy atom. The van der Waals surface area contributed by atoms with Gasteiger partial charge in [0.05, 0.1) is 0 Å². The summed E-state index contributed by atoms with van der Waals surface area (Å²) in [5.74, 6) is 1.55. The van der Waals surface area contributed by atoms with E-state index < -0.39 is 0 Å². The van der Waals surface area contributed by atoms with Crippen LogP contribution in [0.4, 0.5) is 0 Å². The Labute approximate surface area is 144 Å². The monoisotopic (exact) mass is 327 g/mol. The lowest BCUT2D eigenvalue weighted by Crippen LogP contribution is -2.26. The van der Waals surface area contributed by atoms with E-state index in [1.54, 1.807) is 24.1 Å². The molecule has 2 rings (SSSR count). The number of carbonyl (C=O) groups is 1. The minimum Gasteiger partial charge on any atom is -0.490 e. The molecule has 0 unspecified atom stereocenters. The van der Waals surface area contributed by atoms with Crippen LogP contribution in [-0.2, 0) is 0 Å². The number of hydrogen-bond donors (Lipinski definition) is 0. The molecular weight excluding hydrogens is 302 g/mol. The van der Waals surface area contributed by atoms with Gasteiger partial charge in [-0.15, -0.1) is 0 Å². The van der Waals surface area contributed by atoms with Gasteiger partial charge >= 0.3 is 0 Å². The van der Waals surface area contributed by atoms with E-state index in [2.05, 4.69) is 6.07 Å². The quantitative estimate of drug-likeness (QED) is 0.725. The molecule has 2 aromatic rings. The summed E-state index contributed by atoms with van der Waals surface area (Å²) < 4.78 is 11.5. The summed E-state index contributed by atoms with van der Waals surface area (Å²) in [7, 11) is 1.79. The zero-order valence-electron chi connectivity index (χ0n) is 14.8. The fourth-order valence-corrected chi connectivity index (χ4v) is 2.26. The SMILES string of the molecule is CCN(C)C(=O)c1cccc(OCCOc2cc(C)ccc2C)c1. The molecule has 4 heteroatoms. The molecular formula is C20H25NO3. The van der Waals surface area contributed by atoms with Gasteiger partial charge in [0.1, 0.15) is 24.7 Å². The third kappa shape index (κ3) is 4.75. The summed E-state index contributed by atoms with van der Waals surface area (Å²) in [6.45, 7) is 7.57. The van der Waals surface area contributed by atoms with Crippen LogP contribution in [0.3, 0.4) is 0 Å². The normalized spacial score (nSPS) is 10.3. The van der Waals surface area contributed by atoms with Crippen molar-refractivity contribution in [2.75, 3.05) is 26.8 Å². The van der Waals surface area contributed by atoms with Crippen LogP contribution in [0.25, 0.3) is 0 Å². The van der Waals surface area contributed by atoms with Gasteiger partial charge in [-0.1, -0.05) is 18.2 Å². The van der Waals surface area contributed by atoms with Crippen molar-refractivity contribution < 1.29 is 14.3 Å². The maximum Gasteiger partial charge on any atom is 0.253 e. The largest absolute Gasteiger partial charge is 0.490 e. The molecule has 0 aliphatic carbocycles. The highest BCUT2D eigenvalue weighted by atomic mass is 16.5. The first-order chi connectivity index (χ1) is 11.5. The van der Waals surface area contributed by atoms with Gasteiger partial charge in [0.25, 0.3) is 5.91 Å². The number of amides is 1. The van der Waals surface area contributed by atoms with E-state index in [1.807, 2.05) is 45.0 Å². The molecule has 2 aromatic carbocycles. The summed E-state index contributed by atoms with van der Waals surface area (Å²) in [5, 5.41) is 0. The molecule has 4 nitrogen and oxygen atoms in total. The van der Waals surface area contributed by atoms with E-state index in [0.29, 0.717) is 31.1 Å². The number of ether oxygens (including phenoxy) is 2. The number of nitrogens with zero attached hydrogens (tertiary/aromatic N) is 1. The number of aryl methyl sites for hydroxylation is 2. The average molecular weight is 327 g/mol. The Morgan fingerprint density at radius 3 is 2.54 bits per heavy atom. The van der Waals surface area contributed by atoms with E-state index in [1.165, 1.54) is 5.56 Å². The second-order valence-electron chi connectivity index (χ2n) is 5.81. The average Bonchev–Trinajstić information content (AvgIpc) is 2.60. The highest BCUT2D eigenvalue weighted by molar-refractivity contribution is 5.94. The van der Waals surface area contributed by atoms with Crippen molar-refractivity contribution in [2.24, 2.45) is 0 Å². The van der Waals surface area contributed by atoms with Crippen LogP contribution in [0.15, 0.2) is 42.5 Å². The van der Waals surface area contributed by atoms with Gasteiger partial charge < -0.3 is 14.4 Å². The Kier molecular flexibility index (Phi) is 6.24. The standard InChI is InChI=1S/C20H25NO3/c1-5-21(4)20(22)17-7-6-8-18(14-17)23-11-12-24-19-13-15(2)9-10-16(19)3/h6-10,13-14H,5,11-12H2,1-4H3. The molecule has 0 aromatic heterocycles. The maximum atomic E-state index is 12.2. The Balaban J connectivity index is 1.88. The molecule has 0 aliphatic heterocycles. The molecule has 0 bridgehead atoms. The number of hydrogen-bond acceptors (Lipinski definition) is 3. The lowest BCUT2D eigenvalue weighted by Gasteiger charge is -2.15. The van der Waals surface area contributed by atoms with Gasteiger partial charge in [0.2, 0.25) is 0 Å². The van der Waals surface area contributed by atoms with E-state index >= 15 is 0 Å². The Morgan fingerprint density at radius 1 is 1.04 bits per heavy atom. The summed E-state index contributed by atoms with van der Waals surface area (Å²) in [6.07, 6.45) is 0. The molecule has 24 heavy (non-hydrogen) atoms. The molecule has 0 saturated carbocycles. The number of carbonyl (C=O) groups excluding carboxylic acids is 1. The minimum atomic E-state index is -0.00501. The van der Waals surface area contributed by atoms with Crippen molar-refractivity contribution in [3.8, 4) is 11.5 Å². The Bertz CT molecular complexity index is 697. The van der Waals surface area contributed by atoms with Crippen LogP contribution in [0, 0.1) is 13.8 Å². The van der Waals surface area contributed by atoms with E-state index in [4.69, 9.17) is 9.47 Å². The summed E-state index contributed by atoms with van der Waals surface area (Å²) in [4.78, 5) is 13.8. The van der Waals surface area contributed by atoms with Crippen LogP contribution >= 0.6 is 0 Å². The lowest BCUT2D eigenvalue weighted by molar-refractivity contribution is 0.0802. The fraction of sp³-hybridized carbons (Fsp3) is 0.350. The van der Waals surface area contributed by atoms with Gasteiger partial charge in [0.15, 0.2) is 0 Å². The first kappa shape index (κ1) is 17.9. The van der Waals surface area contributed by atoms with E-state index in [-0.39, 0.29) is 5.91 Å². The van der Waals surface area contributed by atoms with Gasteiger partial charge in [-0.3, -0.25) is 4.79 Å². The van der Waals surface area contributed by atoms with Crippen molar-refractivity contribution in [2.45, 2.75) is 20.8 Å². The van der Waals surface area contributed by atoms with Crippen molar-refractivity contribution in [3.05, 3.63) is 59.2 Å². The van der Waals surface area contributed by atoms with Crippen LogP contribution < -0.4 is 9.47 Å². The predicted molar refractivity (Wildman–Crippen MR) is 96.0 cm³/mol. The second-order valence-corrected chi connectivity index (χ2v) is 5.81. The van der Waals surface area contributed by atoms with Crippen LogP contribution in [0.2, 0.25) is 0 Å². The molecule has 1 amide bonds. The highest BCUT2D eigenvalue weighted by Crippen LogP contribution is 2.19. The molecule has 0 fully saturated rings. The zero-order chi connectivity index (χ0) is 17.5. The van der Waals surface area contributed by atoms with Gasteiger partial charge in [0, 0.05) is 19.2 Å². The highest BCUT2D eigenvalue weighted by Gasteiger charge is 2.10. The molecule has 0 aliphatic rings. The molecule has 0 atom stereocenters. The number of benzene rings is 2. The van der Waals surface area contributed by atoms with Crippen molar-refractivity contribution >= 4 is 5.91 Å². The van der Waals surface area contributed by atoms with Crippen molar-refractivity contribution in [1.29, 1.82) is 0 Å². The third-order valence-corrected chi connectivity index (χ3v) is 3.86. The van der Waals surface area contributed by atoms with Gasteiger partial charge in [-0.2, -0.15) is 0 Å². The minimum absolute atomic E-state index is 0.00501. The first-order valence-corrected chi connectivity index (χ1v) is 8.19. The molecule has 0 radical (unpaired) electrons. The third-order valence-electron chi connectivity index (χ3n) is 3.86. The molecule has 0 saturated heterocycles. The lowest BCUT2D eigenvalue weighted by atomic mass is 10.1. The van der Waals surface area contributed by atoms with Crippen LogP contribution in [0.5, 0.6) is 11.5 Å². The second kappa shape index (κ2) is 8.39. The van der Waals surface area contributed by atoms with Crippen LogP contribution in [0.1, 0.15) is 28.4 Å². The maximum absolute atomic E-state index is 12.2. The molecule has 0 spiro atoms. The Hall–Kier alpha value is -2.49. The van der Waals surface area contributed by atoms with Gasteiger partial charge in [-0.25, -0.2) is 0 Å². The summed E-state index contributed by atoms with van der Waals surface area (Å²) in [5.41, 5.74) is 2.91. The predicted octanol–water partition coefficient (Wildman–Crippen LogP) is 3.85. The summed E-state index contributed by atoms with van der Waals surface area (Å²) >= 11 is 0. The smallest absolute Gasteiger partial charge is 0.253 e. The van der Waals surface area contributed by atoms with Crippen LogP contribution in [-0.4, -0.2) is 37.6 Å². The number of rotatable bonds is 7. The fourth-order valence-electron chi connectivity index (χ4n) is 2.26. The van der Waals surface area contributed by atoms with E-state index in [0.717, 1.165) is 11.3 Å². The summed E-state index contributed by atoms with van der Waals surface area (Å²) in [6, 6.07) is 13.4. The molecule has 0 N–H and O–H groups in total. The van der Waals surface area contributed by atoms with Crippen molar-refractivity contribution in [3.63, 3.8) is 0 Å². The van der Waals surface area contributed by atoms with E-state index in [9.17, 15) is 4.79 Å². The molecule has 0 heterocycles. The van der Waals surface area contributed by atoms with Gasteiger partial charge in [-0.05, 0) is 56.2 Å². The first-order valence-electron chi connectivity index (χ1n) is 8.19.